The summed E-state index contributed by atoms with van der Waals surface area (Å²) in [5.74, 6) is -0.140. The number of ether oxygens (including phenoxy) is 1. The van der Waals surface area contributed by atoms with E-state index in [9.17, 15) is 4.79 Å². The number of carbonyl (C=O) groups is 1. The molecule has 1 saturated heterocycles. The van der Waals surface area contributed by atoms with Gasteiger partial charge in [0.2, 0.25) is 0 Å². The van der Waals surface area contributed by atoms with Gasteiger partial charge >= 0.3 is 0 Å². The number of nitrogens with zero attached hydrogens (tertiary/aromatic N) is 5. The summed E-state index contributed by atoms with van der Waals surface area (Å²) >= 11 is 1.52. The van der Waals surface area contributed by atoms with Crippen molar-refractivity contribution in [2.75, 3.05) is 36.5 Å². The lowest BCUT2D eigenvalue weighted by atomic mass is 10.1. The van der Waals surface area contributed by atoms with Gasteiger partial charge in [0.05, 0.1) is 47.2 Å². The number of imidazole rings is 1. The van der Waals surface area contributed by atoms with E-state index >= 15 is 0 Å². The molecule has 1 amide bonds. The topological polar surface area (TPSA) is 76.7 Å². The van der Waals surface area contributed by atoms with Crippen LogP contribution in [0.1, 0.15) is 15.4 Å². The molecular weight excluding hydrogens is 460 g/mol. The first-order valence-corrected chi connectivity index (χ1v) is 12.3. The maximum absolute atomic E-state index is 13.2. The van der Waals surface area contributed by atoms with Crippen molar-refractivity contribution < 1.29 is 9.53 Å². The Bertz CT molecular complexity index is 1430. The lowest BCUT2D eigenvalue weighted by molar-refractivity contribution is 0.103. The third-order valence-electron chi connectivity index (χ3n) is 5.95. The van der Waals surface area contributed by atoms with Gasteiger partial charge in [-0.15, -0.1) is 11.3 Å². The molecule has 0 aliphatic carbocycles. The van der Waals surface area contributed by atoms with Crippen molar-refractivity contribution >= 4 is 33.6 Å². The van der Waals surface area contributed by atoms with Crippen LogP contribution in [0.2, 0.25) is 0 Å². The van der Waals surface area contributed by atoms with E-state index in [0.29, 0.717) is 30.3 Å². The Labute approximate surface area is 206 Å². The SMILES string of the molecule is O=C(Nc1cnn(Cc2cn3ccccc3n2)c1)c1cc(-c2ccccc2)c(N2CCOCC2)s1. The molecule has 176 valence electrons. The number of hydrogen-bond donors (Lipinski definition) is 1. The van der Waals surface area contributed by atoms with E-state index in [4.69, 9.17) is 4.74 Å². The smallest absolute Gasteiger partial charge is 0.265 e. The summed E-state index contributed by atoms with van der Waals surface area (Å²) in [6.07, 6.45) is 7.45. The number of anilines is 2. The second kappa shape index (κ2) is 9.36. The number of fused-ring (bicyclic) bond motifs is 1. The van der Waals surface area contributed by atoms with E-state index in [1.165, 1.54) is 11.3 Å². The van der Waals surface area contributed by atoms with E-state index in [2.05, 4.69) is 32.4 Å². The average molecular weight is 485 g/mol. The number of aromatic nitrogens is 4. The minimum atomic E-state index is -0.140. The van der Waals surface area contributed by atoms with Crippen LogP contribution in [0.5, 0.6) is 0 Å². The standard InChI is InChI=1S/C26H24N6O2S/c33-25(29-20-15-27-32(17-20)18-21-16-31-9-5-4-8-24(31)28-21)23-14-22(19-6-2-1-3-7-19)26(35-23)30-10-12-34-13-11-30/h1-9,14-17H,10-13,18H2,(H,29,33). The number of benzene rings is 1. The number of rotatable bonds is 6. The van der Waals surface area contributed by atoms with Gasteiger partial charge in [0.1, 0.15) is 5.65 Å². The summed E-state index contributed by atoms with van der Waals surface area (Å²) < 4.78 is 9.29. The quantitative estimate of drug-likeness (QED) is 0.387. The van der Waals surface area contributed by atoms with Crippen molar-refractivity contribution in [3.63, 3.8) is 0 Å². The second-order valence-electron chi connectivity index (χ2n) is 8.37. The molecule has 0 bridgehead atoms. The number of morpholine rings is 1. The minimum Gasteiger partial charge on any atom is -0.378 e. The van der Waals surface area contributed by atoms with Gasteiger partial charge in [-0.1, -0.05) is 36.4 Å². The van der Waals surface area contributed by atoms with Gasteiger partial charge in [-0.25, -0.2) is 4.98 Å². The summed E-state index contributed by atoms with van der Waals surface area (Å²) in [6, 6.07) is 18.1. The summed E-state index contributed by atoms with van der Waals surface area (Å²) in [5, 5.41) is 8.52. The molecule has 8 nitrogen and oxygen atoms in total. The van der Waals surface area contributed by atoms with Crippen molar-refractivity contribution in [1.82, 2.24) is 19.2 Å². The van der Waals surface area contributed by atoms with Crippen LogP contribution in [-0.4, -0.2) is 51.4 Å². The van der Waals surface area contributed by atoms with Gasteiger partial charge in [-0.2, -0.15) is 5.10 Å². The number of thiophene rings is 1. The predicted octanol–water partition coefficient (Wildman–Crippen LogP) is 4.40. The van der Waals surface area contributed by atoms with E-state index in [1.807, 2.05) is 65.5 Å². The zero-order chi connectivity index (χ0) is 23.6. The molecule has 1 N–H and O–H groups in total. The summed E-state index contributed by atoms with van der Waals surface area (Å²) in [7, 11) is 0. The molecule has 1 aliphatic heterocycles. The van der Waals surface area contributed by atoms with E-state index in [0.717, 1.165) is 40.6 Å². The minimum absolute atomic E-state index is 0.140. The molecule has 1 aliphatic rings. The molecule has 6 rings (SSSR count). The molecule has 0 saturated carbocycles. The second-order valence-corrected chi connectivity index (χ2v) is 9.40. The fraction of sp³-hybridized carbons (Fsp3) is 0.192. The maximum atomic E-state index is 13.2. The van der Waals surface area contributed by atoms with Gasteiger partial charge in [0, 0.05) is 37.2 Å². The average Bonchev–Trinajstić information content (AvgIpc) is 3.63. The highest BCUT2D eigenvalue weighted by Gasteiger charge is 2.22. The third-order valence-corrected chi connectivity index (χ3v) is 7.14. The van der Waals surface area contributed by atoms with Crippen LogP contribution >= 0.6 is 11.3 Å². The van der Waals surface area contributed by atoms with E-state index in [1.54, 1.807) is 10.9 Å². The third kappa shape index (κ3) is 4.55. The molecule has 5 heterocycles. The number of carbonyl (C=O) groups excluding carboxylic acids is 1. The first-order chi connectivity index (χ1) is 17.2. The monoisotopic (exact) mass is 484 g/mol. The number of hydrogen-bond acceptors (Lipinski definition) is 6. The molecule has 0 radical (unpaired) electrons. The lowest BCUT2D eigenvalue weighted by Crippen LogP contribution is -2.35. The molecule has 4 aromatic heterocycles. The fourth-order valence-corrected chi connectivity index (χ4v) is 5.38. The van der Waals surface area contributed by atoms with Crippen molar-refractivity contribution in [1.29, 1.82) is 0 Å². The molecule has 1 aromatic carbocycles. The Morgan fingerprint density at radius 1 is 1.06 bits per heavy atom. The van der Waals surface area contributed by atoms with Crippen LogP contribution in [-0.2, 0) is 11.3 Å². The van der Waals surface area contributed by atoms with Gasteiger partial charge < -0.3 is 19.4 Å². The van der Waals surface area contributed by atoms with E-state index in [-0.39, 0.29) is 5.91 Å². The predicted molar refractivity (Wildman–Crippen MR) is 137 cm³/mol. The Kier molecular flexibility index (Phi) is 5.77. The Hall–Kier alpha value is -3.95. The molecule has 1 fully saturated rings. The number of pyridine rings is 1. The van der Waals surface area contributed by atoms with Crippen LogP contribution in [0.3, 0.4) is 0 Å². The summed E-state index contributed by atoms with van der Waals surface area (Å²) in [6.45, 7) is 3.54. The molecule has 9 heteroatoms. The van der Waals surface area contributed by atoms with Gasteiger partial charge in [-0.3, -0.25) is 9.48 Å². The molecular formula is C26H24N6O2S. The van der Waals surface area contributed by atoms with Crippen LogP contribution in [0, 0.1) is 0 Å². The van der Waals surface area contributed by atoms with Crippen molar-refractivity contribution in [3.05, 3.63) is 90.0 Å². The largest absolute Gasteiger partial charge is 0.378 e. The first-order valence-electron chi connectivity index (χ1n) is 11.5. The highest BCUT2D eigenvalue weighted by Crippen LogP contribution is 2.39. The molecule has 0 atom stereocenters. The van der Waals surface area contributed by atoms with Crippen LogP contribution in [0.15, 0.2) is 79.4 Å². The van der Waals surface area contributed by atoms with E-state index < -0.39 is 0 Å². The van der Waals surface area contributed by atoms with Crippen molar-refractivity contribution in [3.8, 4) is 11.1 Å². The molecule has 5 aromatic rings. The van der Waals surface area contributed by atoms with Gasteiger partial charge in [0.25, 0.3) is 5.91 Å². The normalized spacial score (nSPS) is 13.9. The number of amides is 1. The van der Waals surface area contributed by atoms with Crippen LogP contribution in [0.25, 0.3) is 16.8 Å². The highest BCUT2D eigenvalue weighted by molar-refractivity contribution is 7.18. The Balaban J connectivity index is 1.21. The zero-order valence-electron chi connectivity index (χ0n) is 19.0. The van der Waals surface area contributed by atoms with Gasteiger partial charge in [-0.05, 0) is 23.8 Å². The molecule has 0 spiro atoms. The maximum Gasteiger partial charge on any atom is 0.265 e. The Morgan fingerprint density at radius 3 is 2.71 bits per heavy atom. The first kappa shape index (κ1) is 21.6. The molecule has 35 heavy (non-hydrogen) atoms. The van der Waals surface area contributed by atoms with Crippen molar-refractivity contribution in [2.45, 2.75) is 6.54 Å². The van der Waals surface area contributed by atoms with Crippen molar-refractivity contribution in [2.24, 2.45) is 0 Å². The fourth-order valence-electron chi connectivity index (χ4n) is 4.26. The summed E-state index contributed by atoms with van der Waals surface area (Å²) in [5.41, 5.74) is 4.63. The summed E-state index contributed by atoms with van der Waals surface area (Å²) in [4.78, 5) is 20.8. The van der Waals surface area contributed by atoms with Crippen LogP contribution in [0.4, 0.5) is 10.7 Å². The van der Waals surface area contributed by atoms with Crippen LogP contribution < -0.4 is 10.2 Å². The highest BCUT2D eigenvalue weighted by atomic mass is 32.1. The number of nitrogens with one attached hydrogen (secondary N) is 1. The Morgan fingerprint density at radius 2 is 1.89 bits per heavy atom. The lowest BCUT2D eigenvalue weighted by Gasteiger charge is -2.28. The molecule has 0 unspecified atom stereocenters. The zero-order valence-corrected chi connectivity index (χ0v) is 19.8. The van der Waals surface area contributed by atoms with Gasteiger partial charge in [0.15, 0.2) is 0 Å².